The highest BCUT2D eigenvalue weighted by molar-refractivity contribution is 9.10. The first kappa shape index (κ1) is 15.6. The molecule has 0 atom stereocenters. The van der Waals surface area contributed by atoms with Gasteiger partial charge < -0.3 is 5.32 Å². The van der Waals surface area contributed by atoms with Crippen LogP contribution in [0.2, 0.25) is 5.02 Å². The lowest BCUT2D eigenvalue weighted by atomic mass is 9.95. The van der Waals surface area contributed by atoms with Crippen LogP contribution in [0.3, 0.4) is 0 Å². The third kappa shape index (κ3) is 3.36. The van der Waals surface area contributed by atoms with E-state index >= 15 is 0 Å². The second kappa shape index (κ2) is 6.43. The Kier molecular flexibility index (Phi) is 4.55. The van der Waals surface area contributed by atoms with Crippen LogP contribution in [-0.2, 0) is 16.6 Å². The molecule has 2 aromatic carbocycles. The normalized spacial score (nSPS) is 15.4. The molecule has 1 N–H and O–H groups in total. The van der Waals surface area contributed by atoms with Gasteiger partial charge in [0.15, 0.2) is 0 Å². The first-order chi connectivity index (χ1) is 10.6. The Morgan fingerprint density at radius 2 is 1.91 bits per heavy atom. The van der Waals surface area contributed by atoms with Crippen LogP contribution in [-0.4, -0.2) is 12.5 Å². The van der Waals surface area contributed by atoms with Crippen molar-refractivity contribution in [3.63, 3.8) is 0 Å². The Balaban J connectivity index is 1.59. The van der Waals surface area contributed by atoms with Crippen molar-refractivity contribution in [1.29, 1.82) is 0 Å². The van der Waals surface area contributed by atoms with E-state index in [2.05, 4.69) is 21.2 Å². The van der Waals surface area contributed by atoms with Gasteiger partial charge in [0.25, 0.3) is 0 Å². The van der Waals surface area contributed by atoms with Crippen LogP contribution >= 0.6 is 27.5 Å². The van der Waals surface area contributed by atoms with E-state index in [0.29, 0.717) is 6.54 Å². The topological polar surface area (TPSA) is 29.1 Å². The summed E-state index contributed by atoms with van der Waals surface area (Å²) in [4.78, 5) is 12.5. The highest BCUT2D eigenvalue weighted by atomic mass is 79.9. The van der Waals surface area contributed by atoms with Gasteiger partial charge in [-0.3, -0.25) is 4.79 Å². The summed E-state index contributed by atoms with van der Waals surface area (Å²) in [5, 5.41) is 3.81. The molecule has 0 unspecified atom stereocenters. The van der Waals surface area contributed by atoms with Crippen molar-refractivity contribution in [2.24, 2.45) is 0 Å². The van der Waals surface area contributed by atoms with Gasteiger partial charge in [-0.2, -0.15) is 0 Å². The van der Waals surface area contributed by atoms with Crippen molar-refractivity contribution in [1.82, 2.24) is 5.32 Å². The standard InChI is InChI=1S/C18H17BrClNO/c19-15-6-4-14(5-7-15)18(9-10-18)17(22)21-11-8-13-2-1-3-16(20)12-13/h1-7,12H,8-11H2,(H,21,22). The van der Waals surface area contributed by atoms with Gasteiger partial charge in [-0.1, -0.05) is 51.8 Å². The van der Waals surface area contributed by atoms with Crippen molar-refractivity contribution in [2.45, 2.75) is 24.7 Å². The second-order valence-corrected chi connectivity index (χ2v) is 7.08. The average molecular weight is 379 g/mol. The van der Waals surface area contributed by atoms with E-state index < -0.39 is 0 Å². The molecule has 0 bridgehead atoms. The number of hydrogen-bond donors (Lipinski definition) is 1. The van der Waals surface area contributed by atoms with Crippen LogP contribution in [0.25, 0.3) is 0 Å². The third-order valence-electron chi connectivity index (χ3n) is 4.17. The Hall–Kier alpha value is -1.32. The van der Waals surface area contributed by atoms with Gasteiger partial charge in [-0.25, -0.2) is 0 Å². The highest BCUT2D eigenvalue weighted by Gasteiger charge is 2.50. The molecule has 0 heterocycles. The van der Waals surface area contributed by atoms with Gasteiger partial charge in [0.1, 0.15) is 0 Å². The summed E-state index contributed by atoms with van der Waals surface area (Å²) in [6, 6.07) is 15.8. The molecule has 1 saturated carbocycles. The number of amides is 1. The summed E-state index contributed by atoms with van der Waals surface area (Å²) < 4.78 is 1.04. The van der Waals surface area contributed by atoms with Crippen molar-refractivity contribution in [3.05, 3.63) is 69.2 Å². The molecule has 0 aromatic heterocycles. The number of halogens is 2. The summed E-state index contributed by atoms with van der Waals surface area (Å²) in [5.41, 5.74) is 1.94. The minimum atomic E-state index is -0.310. The van der Waals surface area contributed by atoms with Crippen LogP contribution in [0.4, 0.5) is 0 Å². The number of benzene rings is 2. The summed E-state index contributed by atoms with van der Waals surface area (Å²) in [6.07, 6.45) is 2.65. The van der Waals surface area contributed by atoms with Crippen molar-refractivity contribution >= 4 is 33.4 Å². The third-order valence-corrected chi connectivity index (χ3v) is 4.93. The van der Waals surface area contributed by atoms with E-state index in [1.165, 1.54) is 0 Å². The Labute approximate surface area is 144 Å². The van der Waals surface area contributed by atoms with E-state index in [1.807, 2.05) is 48.5 Å². The van der Waals surface area contributed by atoms with E-state index in [4.69, 9.17) is 11.6 Å². The summed E-state index contributed by atoms with van der Waals surface area (Å²) in [5.74, 6) is 0.136. The smallest absolute Gasteiger partial charge is 0.230 e. The van der Waals surface area contributed by atoms with Gasteiger partial charge in [-0.05, 0) is 54.7 Å². The maximum Gasteiger partial charge on any atom is 0.230 e. The first-order valence-corrected chi connectivity index (χ1v) is 8.56. The van der Waals surface area contributed by atoms with Gasteiger partial charge in [-0.15, -0.1) is 0 Å². The maximum atomic E-state index is 12.5. The molecule has 2 aromatic rings. The van der Waals surface area contributed by atoms with Crippen molar-refractivity contribution in [2.75, 3.05) is 6.54 Å². The molecular formula is C18H17BrClNO. The SMILES string of the molecule is O=C(NCCc1cccc(Cl)c1)C1(c2ccc(Br)cc2)CC1. The molecule has 22 heavy (non-hydrogen) atoms. The number of rotatable bonds is 5. The monoisotopic (exact) mass is 377 g/mol. The largest absolute Gasteiger partial charge is 0.355 e. The molecule has 0 radical (unpaired) electrons. The fourth-order valence-corrected chi connectivity index (χ4v) is 3.20. The zero-order valence-electron chi connectivity index (χ0n) is 12.1. The maximum absolute atomic E-state index is 12.5. The predicted octanol–water partition coefficient (Wildman–Crippen LogP) is 4.49. The number of nitrogens with one attached hydrogen (secondary N) is 1. The molecule has 114 valence electrons. The van der Waals surface area contributed by atoms with Crippen LogP contribution in [0.5, 0.6) is 0 Å². The van der Waals surface area contributed by atoms with Gasteiger partial charge in [0.05, 0.1) is 5.41 Å². The molecule has 4 heteroatoms. The average Bonchev–Trinajstić information content (AvgIpc) is 3.30. The molecule has 0 saturated heterocycles. The molecule has 2 nitrogen and oxygen atoms in total. The molecular weight excluding hydrogens is 362 g/mol. The van der Waals surface area contributed by atoms with Crippen LogP contribution in [0, 0.1) is 0 Å². The van der Waals surface area contributed by atoms with E-state index in [0.717, 1.165) is 39.9 Å². The number of carbonyl (C=O) groups excluding carboxylic acids is 1. The number of carbonyl (C=O) groups is 1. The van der Waals surface area contributed by atoms with Crippen LogP contribution in [0.15, 0.2) is 53.0 Å². The zero-order chi connectivity index (χ0) is 15.6. The predicted molar refractivity (Wildman–Crippen MR) is 93.2 cm³/mol. The molecule has 0 aliphatic heterocycles. The van der Waals surface area contributed by atoms with Crippen molar-refractivity contribution in [3.8, 4) is 0 Å². The number of hydrogen-bond acceptors (Lipinski definition) is 1. The second-order valence-electron chi connectivity index (χ2n) is 5.72. The molecule has 0 spiro atoms. The first-order valence-electron chi connectivity index (χ1n) is 7.39. The quantitative estimate of drug-likeness (QED) is 0.816. The van der Waals surface area contributed by atoms with E-state index in [1.54, 1.807) is 0 Å². The highest BCUT2D eigenvalue weighted by Crippen LogP contribution is 2.48. The minimum absolute atomic E-state index is 0.136. The van der Waals surface area contributed by atoms with Gasteiger partial charge >= 0.3 is 0 Å². The van der Waals surface area contributed by atoms with Gasteiger partial charge in [0, 0.05) is 16.0 Å². The lowest BCUT2D eigenvalue weighted by molar-refractivity contribution is -0.123. The van der Waals surface area contributed by atoms with Gasteiger partial charge in [0.2, 0.25) is 5.91 Å². The summed E-state index contributed by atoms with van der Waals surface area (Å²) >= 11 is 9.40. The molecule has 1 aliphatic rings. The van der Waals surface area contributed by atoms with Crippen molar-refractivity contribution < 1.29 is 4.79 Å². The zero-order valence-corrected chi connectivity index (χ0v) is 14.5. The molecule has 1 aliphatic carbocycles. The van der Waals surface area contributed by atoms with E-state index in [9.17, 15) is 4.79 Å². The Morgan fingerprint density at radius 1 is 1.18 bits per heavy atom. The summed E-state index contributed by atoms with van der Waals surface area (Å²) in [6.45, 7) is 0.636. The molecule has 1 fully saturated rings. The lowest BCUT2D eigenvalue weighted by Gasteiger charge is -2.16. The van der Waals surface area contributed by atoms with E-state index in [-0.39, 0.29) is 11.3 Å². The Bertz CT molecular complexity index is 680. The van der Waals surface area contributed by atoms with Crippen LogP contribution < -0.4 is 5.32 Å². The molecule has 3 rings (SSSR count). The van der Waals surface area contributed by atoms with Crippen LogP contribution in [0.1, 0.15) is 24.0 Å². The fraction of sp³-hybridized carbons (Fsp3) is 0.278. The Morgan fingerprint density at radius 3 is 2.55 bits per heavy atom. The lowest BCUT2D eigenvalue weighted by Crippen LogP contribution is -2.35. The fourth-order valence-electron chi connectivity index (χ4n) is 2.72. The minimum Gasteiger partial charge on any atom is -0.355 e. The summed E-state index contributed by atoms with van der Waals surface area (Å²) in [7, 11) is 0. The molecule has 1 amide bonds.